The van der Waals surface area contributed by atoms with Gasteiger partial charge in [-0.2, -0.15) is 4.89 Å². The number of allylic oxidation sites excluding steroid dienone is 1. The molecule has 6 heteroatoms. The highest BCUT2D eigenvalue weighted by atomic mass is 17.2. The fourth-order valence-corrected chi connectivity index (χ4v) is 1.52. The van der Waals surface area contributed by atoms with Gasteiger partial charge in [-0.05, 0) is 32.8 Å². The number of hydrogen-bond donors (Lipinski definition) is 0. The van der Waals surface area contributed by atoms with Crippen LogP contribution in [0.5, 0.6) is 0 Å². The lowest BCUT2D eigenvalue weighted by Gasteiger charge is -2.22. The molecule has 0 aromatic heterocycles. The van der Waals surface area contributed by atoms with Crippen molar-refractivity contribution in [3.05, 3.63) is 11.8 Å². The first-order chi connectivity index (χ1) is 8.43. The van der Waals surface area contributed by atoms with Crippen LogP contribution >= 0.6 is 0 Å². The van der Waals surface area contributed by atoms with Gasteiger partial charge in [0.2, 0.25) is 0 Å². The summed E-state index contributed by atoms with van der Waals surface area (Å²) in [5.74, 6) is -0.852. The largest absolute Gasteiger partial charge is 0.497 e. The van der Waals surface area contributed by atoms with Crippen molar-refractivity contribution in [1.29, 1.82) is 0 Å². The number of esters is 1. The summed E-state index contributed by atoms with van der Waals surface area (Å²) in [5.41, 5.74) is -1.42. The van der Waals surface area contributed by atoms with Crippen molar-refractivity contribution in [2.45, 2.75) is 32.8 Å². The quantitative estimate of drug-likeness (QED) is 0.321. The predicted molar refractivity (Wildman–Crippen MR) is 61.1 cm³/mol. The van der Waals surface area contributed by atoms with Crippen LogP contribution < -0.4 is 0 Å². The number of carbonyl (C=O) groups is 2. The average molecular weight is 258 g/mol. The molecule has 0 aliphatic heterocycles. The van der Waals surface area contributed by atoms with Crippen LogP contribution in [-0.2, 0) is 28.8 Å². The molecule has 0 spiro atoms. The fourth-order valence-electron chi connectivity index (χ4n) is 1.52. The van der Waals surface area contributed by atoms with Crippen molar-refractivity contribution in [1.82, 2.24) is 0 Å². The highest BCUT2D eigenvalue weighted by Gasteiger charge is 2.42. The Bertz CT molecular complexity index is 358. The molecule has 1 unspecified atom stereocenters. The van der Waals surface area contributed by atoms with Crippen molar-refractivity contribution in [2.24, 2.45) is 5.41 Å². The first-order valence-electron chi connectivity index (χ1n) is 5.63. The van der Waals surface area contributed by atoms with Crippen LogP contribution in [0.3, 0.4) is 0 Å². The molecule has 0 aromatic carbocycles. The number of carbonyl (C=O) groups excluding carboxylic acids is 2. The SMILES string of the molecule is COOC(=O)C(C)(C)C(=O)OC1CCC=C1OC. The zero-order chi connectivity index (χ0) is 13.8. The van der Waals surface area contributed by atoms with E-state index < -0.39 is 23.5 Å². The molecule has 6 nitrogen and oxygen atoms in total. The summed E-state index contributed by atoms with van der Waals surface area (Å²) in [5, 5.41) is 0. The molecule has 1 aliphatic carbocycles. The molecule has 0 fully saturated rings. The summed E-state index contributed by atoms with van der Waals surface area (Å²) in [6.07, 6.45) is 2.87. The Kier molecular flexibility index (Phi) is 4.72. The van der Waals surface area contributed by atoms with E-state index in [4.69, 9.17) is 9.47 Å². The Hall–Kier alpha value is -1.56. The van der Waals surface area contributed by atoms with E-state index in [1.807, 2.05) is 6.08 Å². The monoisotopic (exact) mass is 258 g/mol. The van der Waals surface area contributed by atoms with Gasteiger partial charge in [0.1, 0.15) is 5.76 Å². The molecular weight excluding hydrogens is 240 g/mol. The lowest BCUT2D eigenvalue weighted by atomic mass is 9.94. The van der Waals surface area contributed by atoms with Crippen LogP contribution in [0.1, 0.15) is 26.7 Å². The molecule has 0 amide bonds. The first kappa shape index (κ1) is 14.5. The van der Waals surface area contributed by atoms with Crippen molar-refractivity contribution in [2.75, 3.05) is 14.2 Å². The van der Waals surface area contributed by atoms with E-state index >= 15 is 0 Å². The summed E-state index contributed by atoms with van der Waals surface area (Å²) in [7, 11) is 2.71. The van der Waals surface area contributed by atoms with Gasteiger partial charge in [0.15, 0.2) is 11.5 Å². The standard InChI is InChI=1S/C12H18O6/c1-12(2,11(14)18-16-4)10(13)17-9-7-5-6-8(9)15-3/h6,9H,5,7H2,1-4H3. The lowest BCUT2D eigenvalue weighted by molar-refractivity contribution is -0.263. The minimum Gasteiger partial charge on any atom is -0.497 e. The minimum absolute atomic E-state index is 0.433. The third-order valence-corrected chi connectivity index (χ3v) is 2.76. The average Bonchev–Trinajstić information content (AvgIpc) is 2.76. The maximum Gasteiger partial charge on any atom is 0.359 e. The van der Waals surface area contributed by atoms with Crippen LogP contribution in [0, 0.1) is 5.41 Å². The smallest absolute Gasteiger partial charge is 0.359 e. The maximum atomic E-state index is 11.9. The van der Waals surface area contributed by atoms with Gasteiger partial charge in [-0.15, -0.1) is 0 Å². The molecule has 1 aliphatic rings. The molecule has 1 rings (SSSR count). The third-order valence-electron chi connectivity index (χ3n) is 2.76. The highest BCUT2D eigenvalue weighted by Crippen LogP contribution is 2.27. The maximum absolute atomic E-state index is 11.9. The van der Waals surface area contributed by atoms with Crippen molar-refractivity contribution in [3.63, 3.8) is 0 Å². The second-order valence-corrected chi connectivity index (χ2v) is 4.44. The minimum atomic E-state index is -1.42. The topological polar surface area (TPSA) is 71.1 Å². The second kappa shape index (κ2) is 5.86. The van der Waals surface area contributed by atoms with Crippen molar-refractivity contribution < 1.29 is 28.8 Å². The first-order valence-corrected chi connectivity index (χ1v) is 5.63. The molecule has 102 valence electrons. The van der Waals surface area contributed by atoms with Gasteiger partial charge in [-0.25, -0.2) is 4.79 Å². The zero-order valence-electron chi connectivity index (χ0n) is 11.0. The van der Waals surface area contributed by atoms with Crippen LogP contribution in [-0.4, -0.2) is 32.3 Å². The summed E-state index contributed by atoms with van der Waals surface area (Å²) in [4.78, 5) is 32.1. The Balaban J connectivity index is 2.65. The molecule has 0 heterocycles. The molecule has 0 saturated heterocycles. The van der Waals surface area contributed by atoms with Gasteiger partial charge in [0, 0.05) is 0 Å². The summed E-state index contributed by atoms with van der Waals surface area (Å²) in [6.45, 7) is 2.84. The van der Waals surface area contributed by atoms with Gasteiger partial charge >= 0.3 is 11.9 Å². The van der Waals surface area contributed by atoms with Gasteiger partial charge < -0.3 is 9.47 Å². The lowest BCUT2D eigenvalue weighted by Crippen LogP contribution is -2.38. The second-order valence-electron chi connectivity index (χ2n) is 4.44. The van der Waals surface area contributed by atoms with Crippen LogP contribution in [0.25, 0.3) is 0 Å². The highest BCUT2D eigenvalue weighted by molar-refractivity contribution is 5.98. The summed E-state index contributed by atoms with van der Waals surface area (Å²) >= 11 is 0. The van der Waals surface area contributed by atoms with Gasteiger partial charge in [-0.1, -0.05) is 0 Å². The number of methoxy groups -OCH3 is 1. The zero-order valence-corrected chi connectivity index (χ0v) is 11.0. The van der Waals surface area contributed by atoms with E-state index in [0.29, 0.717) is 12.2 Å². The van der Waals surface area contributed by atoms with E-state index in [9.17, 15) is 9.59 Å². The van der Waals surface area contributed by atoms with Crippen molar-refractivity contribution >= 4 is 11.9 Å². The third kappa shape index (κ3) is 3.01. The Morgan fingerprint density at radius 2 is 1.94 bits per heavy atom. The van der Waals surface area contributed by atoms with Gasteiger partial charge in [0.25, 0.3) is 0 Å². The van der Waals surface area contributed by atoms with Gasteiger partial charge in [0.05, 0.1) is 14.2 Å². The van der Waals surface area contributed by atoms with E-state index in [0.717, 1.165) is 6.42 Å². The van der Waals surface area contributed by atoms with E-state index in [1.54, 1.807) is 0 Å². The van der Waals surface area contributed by atoms with Gasteiger partial charge in [-0.3, -0.25) is 9.68 Å². The Labute approximate surface area is 106 Å². The molecule has 0 radical (unpaired) electrons. The number of ether oxygens (including phenoxy) is 2. The molecule has 0 N–H and O–H groups in total. The van der Waals surface area contributed by atoms with Crippen LogP contribution in [0.4, 0.5) is 0 Å². The Morgan fingerprint density at radius 3 is 2.50 bits per heavy atom. The summed E-state index contributed by atoms with van der Waals surface area (Å²) in [6, 6.07) is 0. The molecule has 0 aromatic rings. The summed E-state index contributed by atoms with van der Waals surface area (Å²) < 4.78 is 10.3. The molecule has 1 atom stereocenters. The molecule has 0 saturated carbocycles. The van der Waals surface area contributed by atoms with E-state index in [2.05, 4.69) is 9.78 Å². The molecule has 0 bridgehead atoms. The van der Waals surface area contributed by atoms with Crippen LogP contribution in [0.2, 0.25) is 0 Å². The normalized spacial score (nSPS) is 19.1. The fraction of sp³-hybridized carbons (Fsp3) is 0.667. The Morgan fingerprint density at radius 1 is 1.28 bits per heavy atom. The van der Waals surface area contributed by atoms with E-state index in [1.165, 1.54) is 28.1 Å². The molecule has 18 heavy (non-hydrogen) atoms. The number of hydrogen-bond acceptors (Lipinski definition) is 6. The predicted octanol–water partition coefficient (Wildman–Crippen LogP) is 1.35. The van der Waals surface area contributed by atoms with Crippen LogP contribution in [0.15, 0.2) is 11.8 Å². The molecular formula is C12H18O6. The van der Waals surface area contributed by atoms with Crippen molar-refractivity contribution in [3.8, 4) is 0 Å². The van der Waals surface area contributed by atoms with E-state index in [-0.39, 0.29) is 0 Å². The number of rotatable bonds is 5.